The van der Waals surface area contributed by atoms with Crippen LogP contribution in [0.2, 0.25) is 0 Å². The highest BCUT2D eigenvalue weighted by Gasteiger charge is 2.32. The number of carbonyl (C=O) groups excluding carboxylic acids is 2. The largest absolute Gasteiger partial charge is 0.464 e. The number of likely N-dealkylation sites (tertiary alicyclic amines) is 1. The lowest BCUT2D eigenvalue weighted by Gasteiger charge is -2.34. The van der Waals surface area contributed by atoms with Gasteiger partial charge in [-0.3, -0.25) is 4.79 Å². The van der Waals surface area contributed by atoms with Gasteiger partial charge in [-0.25, -0.2) is 4.79 Å². The Bertz CT molecular complexity index is 761. The van der Waals surface area contributed by atoms with Gasteiger partial charge in [0.15, 0.2) is 0 Å². The summed E-state index contributed by atoms with van der Waals surface area (Å²) in [5.41, 5.74) is 0. The van der Waals surface area contributed by atoms with Crippen LogP contribution in [0.4, 0.5) is 0 Å². The summed E-state index contributed by atoms with van der Waals surface area (Å²) in [5, 5.41) is 2.36. The standard InChI is InChI=1S/C20H23NO3S/c1-2-24-20(23)18-9-5-6-12-21(18)19(22)14-25-17-11-10-15-7-3-4-8-16(15)13-17/h3-4,7-8,10-11,13,18H,2,5-6,9,12,14H2,1H3. The number of ether oxygens (including phenoxy) is 1. The fraction of sp³-hybridized carbons (Fsp3) is 0.400. The molecule has 1 saturated heterocycles. The molecule has 0 saturated carbocycles. The normalized spacial score (nSPS) is 17.5. The minimum absolute atomic E-state index is 0.0101. The molecule has 0 spiro atoms. The number of rotatable bonds is 5. The second-order valence-electron chi connectivity index (χ2n) is 6.15. The Morgan fingerprint density at radius 1 is 1.16 bits per heavy atom. The van der Waals surface area contributed by atoms with Crippen LogP contribution in [0.25, 0.3) is 10.8 Å². The summed E-state index contributed by atoms with van der Waals surface area (Å²) >= 11 is 1.52. The van der Waals surface area contributed by atoms with Gasteiger partial charge in [0.2, 0.25) is 5.91 Å². The first kappa shape index (κ1) is 17.8. The summed E-state index contributed by atoms with van der Waals surface area (Å²) in [6.45, 7) is 2.78. The number of carbonyl (C=O) groups is 2. The molecular weight excluding hydrogens is 334 g/mol. The Labute approximate surface area is 152 Å². The second-order valence-corrected chi connectivity index (χ2v) is 7.20. The number of hydrogen-bond acceptors (Lipinski definition) is 4. The van der Waals surface area contributed by atoms with E-state index in [4.69, 9.17) is 4.74 Å². The predicted octanol–water partition coefficient (Wildman–Crippen LogP) is 3.88. The zero-order chi connectivity index (χ0) is 17.6. The Kier molecular flexibility index (Phi) is 5.97. The molecule has 0 bridgehead atoms. The zero-order valence-electron chi connectivity index (χ0n) is 14.4. The van der Waals surface area contributed by atoms with Crippen molar-refractivity contribution in [3.05, 3.63) is 42.5 Å². The lowest BCUT2D eigenvalue weighted by Crippen LogP contribution is -2.49. The monoisotopic (exact) mass is 357 g/mol. The topological polar surface area (TPSA) is 46.6 Å². The van der Waals surface area contributed by atoms with Gasteiger partial charge in [-0.1, -0.05) is 30.3 Å². The van der Waals surface area contributed by atoms with Gasteiger partial charge >= 0.3 is 5.97 Å². The van der Waals surface area contributed by atoms with Crippen molar-refractivity contribution in [2.75, 3.05) is 18.9 Å². The van der Waals surface area contributed by atoms with Crippen LogP contribution in [-0.4, -0.2) is 41.7 Å². The number of amides is 1. The summed E-state index contributed by atoms with van der Waals surface area (Å²) in [4.78, 5) is 27.5. The van der Waals surface area contributed by atoms with E-state index in [1.807, 2.05) is 18.2 Å². The third kappa shape index (κ3) is 4.34. The van der Waals surface area contributed by atoms with Crippen molar-refractivity contribution in [3.63, 3.8) is 0 Å². The summed E-state index contributed by atoms with van der Waals surface area (Å²) < 4.78 is 5.13. The molecule has 0 aromatic heterocycles. The highest BCUT2D eigenvalue weighted by molar-refractivity contribution is 8.00. The molecule has 4 nitrogen and oxygen atoms in total. The van der Waals surface area contributed by atoms with Crippen molar-refractivity contribution in [1.29, 1.82) is 0 Å². The highest BCUT2D eigenvalue weighted by Crippen LogP contribution is 2.25. The summed E-state index contributed by atoms with van der Waals surface area (Å²) in [6, 6.07) is 14.0. The second kappa shape index (κ2) is 8.39. The maximum atomic E-state index is 12.7. The Morgan fingerprint density at radius 2 is 1.96 bits per heavy atom. The zero-order valence-corrected chi connectivity index (χ0v) is 15.3. The van der Waals surface area contributed by atoms with Crippen molar-refractivity contribution in [1.82, 2.24) is 4.90 Å². The Balaban J connectivity index is 1.64. The minimum atomic E-state index is -0.418. The van der Waals surface area contributed by atoms with Crippen molar-refractivity contribution >= 4 is 34.4 Å². The maximum absolute atomic E-state index is 12.7. The average Bonchev–Trinajstić information content (AvgIpc) is 2.66. The number of benzene rings is 2. The lowest BCUT2D eigenvalue weighted by atomic mass is 10.0. The van der Waals surface area contributed by atoms with Gasteiger partial charge in [0.1, 0.15) is 6.04 Å². The van der Waals surface area contributed by atoms with E-state index in [0.29, 0.717) is 25.3 Å². The van der Waals surface area contributed by atoms with E-state index in [1.165, 1.54) is 22.5 Å². The number of nitrogens with zero attached hydrogens (tertiary/aromatic N) is 1. The van der Waals surface area contributed by atoms with E-state index in [2.05, 4.69) is 24.3 Å². The molecule has 2 aromatic carbocycles. The minimum Gasteiger partial charge on any atom is -0.464 e. The molecule has 25 heavy (non-hydrogen) atoms. The van der Waals surface area contributed by atoms with Crippen LogP contribution >= 0.6 is 11.8 Å². The van der Waals surface area contributed by atoms with Crippen molar-refractivity contribution in [2.45, 2.75) is 37.1 Å². The number of hydrogen-bond donors (Lipinski definition) is 0. The number of thioether (sulfide) groups is 1. The molecule has 0 aliphatic carbocycles. The molecular formula is C20H23NO3S. The Hall–Kier alpha value is -2.01. The van der Waals surface area contributed by atoms with Crippen LogP contribution in [0.5, 0.6) is 0 Å². The number of fused-ring (bicyclic) bond motifs is 1. The van der Waals surface area contributed by atoms with E-state index < -0.39 is 6.04 Å². The first-order valence-corrected chi connectivity index (χ1v) is 9.75. The first-order chi connectivity index (χ1) is 12.2. The van der Waals surface area contributed by atoms with E-state index >= 15 is 0 Å². The summed E-state index contributed by atoms with van der Waals surface area (Å²) in [5.74, 6) is 0.0796. The lowest BCUT2D eigenvalue weighted by molar-refractivity contribution is -0.155. The van der Waals surface area contributed by atoms with Gasteiger partial charge in [-0.2, -0.15) is 0 Å². The van der Waals surface area contributed by atoms with Crippen LogP contribution in [0.3, 0.4) is 0 Å². The van der Waals surface area contributed by atoms with Crippen molar-refractivity contribution < 1.29 is 14.3 Å². The molecule has 2 aromatic rings. The molecule has 1 heterocycles. The third-order valence-electron chi connectivity index (χ3n) is 4.47. The van der Waals surface area contributed by atoms with E-state index in [0.717, 1.165) is 17.7 Å². The van der Waals surface area contributed by atoms with Crippen LogP contribution in [-0.2, 0) is 14.3 Å². The fourth-order valence-electron chi connectivity index (χ4n) is 3.20. The third-order valence-corrected chi connectivity index (χ3v) is 5.44. The molecule has 1 unspecified atom stereocenters. The number of esters is 1. The smallest absolute Gasteiger partial charge is 0.328 e. The average molecular weight is 357 g/mol. The highest BCUT2D eigenvalue weighted by atomic mass is 32.2. The quantitative estimate of drug-likeness (QED) is 0.602. The summed E-state index contributed by atoms with van der Waals surface area (Å²) in [6.07, 6.45) is 2.61. The van der Waals surface area contributed by atoms with Gasteiger partial charge in [-0.15, -0.1) is 11.8 Å². The van der Waals surface area contributed by atoms with Gasteiger partial charge in [0.05, 0.1) is 12.4 Å². The van der Waals surface area contributed by atoms with Crippen molar-refractivity contribution in [2.24, 2.45) is 0 Å². The predicted molar refractivity (Wildman–Crippen MR) is 101 cm³/mol. The molecule has 5 heteroatoms. The Morgan fingerprint density at radius 3 is 2.76 bits per heavy atom. The van der Waals surface area contributed by atoms with Gasteiger partial charge in [0.25, 0.3) is 0 Å². The van der Waals surface area contributed by atoms with Crippen molar-refractivity contribution in [3.8, 4) is 0 Å². The molecule has 3 rings (SSSR count). The molecule has 0 N–H and O–H groups in total. The van der Waals surface area contributed by atoms with Gasteiger partial charge in [-0.05, 0) is 49.1 Å². The van der Waals surface area contributed by atoms with E-state index in [9.17, 15) is 9.59 Å². The van der Waals surface area contributed by atoms with Crippen LogP contribution in [0.1, 0.15) is 26.2 Å². The molecule has 1 atom stereocenters. The molecule has 1 aliphatic heterocycles. The molecule has 1 aliphatic rings. The van der Waals surface area contributed by atoms with E-state index in [1.54, 1.807) is 11.8 Å². The first-order valence-electron chi connectivity index (χ1n) is 8.76. The van der Waals surface area contributed by atoms with E-state index in [-0.39, 0.29) is 11.9 Å². The summed E-state index contributed by atoms with van der Waals surface area (Å²) in [7, 11) is 0. The fourth-order valence-corrected chi connectivity index (χ4v) is 4.03. The van der Waals surface area contributed by atoms with Crippen LogP contribution < -0.4 is 0 Å². The molecule has 0 radical (unpaired) electrons. The molecule has 1 amide bonds. The maximum Gasteiger partial charge on any atom is 0.328 e. The number of piperidine rings is 1. The molecule has 132 valence electrons. The SMILES string of the molecule is CCOC(=O)C1CCCCN1C(=O)CSc1ccc2ccccc2c1. The van der Waals surface area contributed by atoms with Crippen LogP contribution in [0.15, 0.2) is 47.4 Å². The molecule has 1 fully saturated rings. The van der Waals surface area contributed by atoms with Crippen LogP contribution in [0, 0.1) is 0 Å². The van der Waals surface area contributed by atoms with Gasteiger partial charge < -0.3 is 9.64 Å². The van der Waals surface area contributed by atoms with Gasteiger partial charge in [0, 0.05) is 11.4 Å².